The van der Waals surface area contributed by atoms with Crippen LogP contribution in [0.1, 0.15) is 71.1 Å². The summed E-state index contributed by atoms with van der Waals surface area (Å²) >= 11 is 0. The zero-order valence-corrected chi connectivity index (χ0v) is 12.0. The first-order valence-electron chi connectivity index (χ1n) is 8.06. The molecule has 2 nitrogen and oxygen atoms in total. The van der Waals surface area contributed by atoms with Crippen LogP contribution < -0.4 is 5.73 Å². The highest BCUT2D eigenvalue weighted by molar-refractivity contribution is 4.95. The fourth-order valence-electron chi connectivity index (χ4n) is 4.40. The predicted molar refractivity (Wildman–Crippen MR) is 76.3 cm³/mol. The van der Waals surface area contributed by atoms with Crippen molar-refractivity contribution in [2.45, 2.75) is 77.2 Å². The average Bonchev–Trinajstić information content (AvgIpc) is 2.66. The topological polar surface area (TPSA) is 46.2 Å². The molecule has 2 fully saturated rings. The van der Waals surface area contributed by atoms with Crippen molar-refractivity contribution in [1.82, 2.24) is 0 Å². The van der Waals surface area contributed by atoms with E-state index in [1.165, 1.54) is 51.4 Å². The van der Waals surface area contributed by atoms with Gasteiger partial charge in [0.1, 0.15) is 0 Å². The van der Waals surface area contributed by atoms with E-state index >= 15 is 0 Å². The largest absolute Gasteiger partial charge is 0.392 e. The van der Waals surface area contributed by atoms with E-state index in [0.717, 1.165) is 18.8 Å². The van der Waals surface area contributed by atoms with Crippen molar-refractivity contribution in [3.63, 3.8) is 0 Å². The van der Waals surface area contributed by atoms with Gasteiger partial charge in [0.25, 0.3) is 0 Å². The Labute approximate surface area is 112 Å². The first kappa shape index (κ1) is 14.3. The second-order valence-electron chi connectivity index (χ2n) is 6.96. The van der Waals surface area contributed by atoms with E-state index in [4.69, 9.17) is 5.73 Å². The van der Waals surface area contributed by atoms with E-state index in [2.05, 4.69) is 6.92 Å². The molecule has 0 saturated heterocycles. The van der Waals surface area contributed by atoms with Gasteiger partial charge in [-0.2, -0.15) is 0 Å². The summed E-state index contributed by atoms with van der Waals surface area (Å²) in [7, 11) is 0. The van der Waals surface area contributed by atoms with Crippen molar-refractivity contribution in [3.05, 3.63) is 0 Å². The molecule has 0 aromatic heterocycles. The molecule has 2 rings (SSSR count). The fraction of sp³-hybridized carbons (Fsp3) is 1.00. The quantitative estimate of drug-likeness (QED) is 0.757. The summed E-state index contributed by atoms with van der Waals surface area (Å²) in [5, 5.41) is 10.9. The van der Waals surface area contributed by atoms with Crippen LogP contribution in [-0.4, -0.2) is 17.8 Å². The van der Waals surface area contributed by atoms with Crippen LogP contribution in [0.5, 0.6) is 0 Å². The summed E-state index contributed by atoms with van der Waals surface area (Å²) in [5.74, 6) is 1.25. The van der Waals surface area contributed by atoms with Crippen LogP contribution in [0.2, 0.25) is 0 Å². The second kappa shape index (κ2) is 6.38. The van der Waals surface area contributed by atoms with Crippen molar-refractivity contribution in [2.24, 2.45) is 23.0 Å². The van der Waals surface area contributed by atoms with Crippen LogP contribution in [0.4, 0.5) is 0 Å². The smallest absolute Gasteiger partial charge is 0.0636 e. The molecule has 3 atom stereocenters. The van der Waals surface area contributed by atoms with Gasteiger partial charge in [0.05, 0.1) is 6.10 Å². The molecule has 2 aliphatic rings. The Balaban J connectivity index is 2.05. The van der Waals surface area contributed by atoms with E-state index in [-0.39, 0.29) is 11.5 Å². The Kier molecular flexibility index (Phi) is 5.08. The summed E-state index contributed by atoms with van der Waals surface area (Å²) in [6, 6.07) is 0. The van der Waals surface area contributed by atoms with Gasteiger partial charge in [-0.3, -0.25) is 0 Å². The zero-order chi connectivity index (χ0) is 13.0. The predicted octanol–water partition coefficient (Wildman–Crippen LogP) is 3.47. The molecule has 2 aliphatic carbocycles. The van der Waals surface area contributed by atoms with Crippen LogP contribution in [0, 0.1) is 17.3 Å². The Morgan fingerprint density at radius 1 is 1.11 bits per heavy atom. The zero-order valence-electron chi connectivity index (χ0n) is 12.0. The maximum absolute atomic E-state index is 10.9. The molecule has 0 bridgehead atoms. The SMILES string of the molecule is CC1CCCC(CN)(C(O)C2CCCCCC2)C1. The van der Waals surface area contributed by atoms with Crippen molar-refractivity contribution >= 4 is 0 Å². The molecule has 18 heavy (non-hydrogen) atoms. The molecule has 0 heterocycles. The molecule has 0 amide bonds. The van der Waals surface area contributed by atoms with E-state index < -0.39 is 0 Å². The summed E-state index contributed by atoms with van der Waals surface area (Å²) in [4.78, 5) is 0. The van der Waals surface area contributed by atoms with Gasteiger partial charge in [-0.25, -0.2) is 0 Å². The summed E-state index contributed by atoms with van der Waals surface area (Å²) in [6.45, 7) is 3.00. The van der Waals surface area contributed by atoms with Gasteiger partial charge < -0.3 is 10.8 Å². The minimum atomic E-state index is -0.150. The molecular formula is C16H31NO. The van der Waals surface area contributed by atoms with Gasteiger partial charge in [-0.05, 0) is 37.5 Å². The standard InChI is InChI=1S/C16H31NO/c1-13-7-6-10-16(11-13,12-17)15(18)14-8-4-2-3-5-9-14/h13-15,18H,2-12,17H2,1H3. The molecular weight excluding hydrogens is 222 g/mol. The van der Waals surface area contributed by atoms with Crippen molar-refractivity contribution < 1.29 is 5.11 Å². The lowest BCUT2D eigenvalue weighted by Gasteiger charge is -2.45. The molecule has 0 aliphatic heterocycles. The highest BCUT2D eigenvalue weighted by Gasteiger charge is 2.43. The van der Waals surface area contributed by atoms with Gasteiger partial charge in [0.15, 0.2) is 0 Å². The molecule has 3 N–H and O–H groups in total. The maximum atomic E-state index is 10.9. The first-order valence-corrected chi connectivity index (χ1v) is 8.06. The van der Waals surface area contributed by atoms with E-state index in [0.29, 0.717) is 12.5 Å². The lowest BCUT2D eigenvalue weighted by molar-refractivity contribution is -0.0509. The normalized spacial score (nSPS) is 37.2. The van der Waals surface area contributed by atoms with Crippen LogP contribution in [0.3, 0.4) is 0 Å². The van der Waals surface area contributed by atoms with E-state index in [9.17, 15) is 5.11 Å². The maximum Gasteiger partial charge on any atom is 0.0636 e. The molecule has 3 unspecified atom stereocenters. The lowest BCUT2D eigenvalue weighted by atomic mass is 9.63. The second-order valence-corrected chi connectivity index (χ2v) is 6.96. The van der Waals surface area contributed by atoms with Gasteiger partial charge in [0.2, 0.25) is 0 Å². The van der Waals surface area contributed by atoms with Crippen molar-refractivity contribution in [1.29, 1.82) is 0 Å². The molecule has 2 heteroatoms. The van der Waals surface area contributed by atoms with Crippen LogP contribution in [0.15, 0.2) is 0 Å². The Morgan fingerprint density at radius 3 is 2.33 bits per heavy atom. The molecule has 0 spiro atoms. The third-order valence-electron chi connectivity index (χ3n) is 5.51. The minimum Gasteiger partial charge on any atom is -0.392 e. The molecule has 106 valence electrons. The highest BCUT2D eigenvalue weighted by atomic mass is 16.3. The summed E-state index contributed by atoms with van der Waals surface area (Å²) < 4.78 is 0. The van der Waals surface area contributed by atoms with Gasteiger partial charge >= 0.3 is 0 Å². The van der Waals surface area contributed by atoms with Gasteiger partial charge in [-0.15, -0.1) is 0 Å². The third-order valence-corrected chi connectivity index (χ3v) is 5.51. The van der Waals surface area contributed by atoms with Crippen LogP contribution >= 0.6 is 0 Å². The minimum absolute atomic E-state index is 0.0344. The number of aliphatic hydroxyl groups excluding tert-OH is 1. The number of aliphatic hydroxyl groups is 1. The van der Waals surface area contributed by atoms with Crippen LogP contribution in [-0.2, 0) is 0 Å². The van der Waals surface area contributed by atoms with Crippen molar-refractivity contribution in [2.75, 3.05) is 6.54 Å². The Hall–Kier alpha value is -0.0800. The lowest BCUT2D eigenvalue weighted by Crippen LogP contribution is -2.48. The Morgan fingerprint density at radius 2 is 1.78 bits per heavy atom. The number of hydrogen-bond donors (Lipinski definition) is 2. The molecule has 0 aromatic carbocycles. The Bertz CT molecular complexity index is 247. The first-order chi connectivity index (χ1) is 8.68. The number of nitrogens with two attached hydrogens (primary N) is 1. The van der Waals surface area contributed by atoms with Crippen LogP contribution in [0.25, 0.3) is 0 Å². The van der Waals surface area contributed by atoms with E-state index in [1.807, 2.05) is 0 Å². The average molecular weight is 253 g/mol. The summed E-state index contributed by atoms with van der Waals surface area (Å²) in [5.41, 5.74) is 6.12. The molecule has 0 aromatic rings. The van der Waals surface area contributed by atoms with Gasteiger partial charge in [-0.1, -0.05) is 45.4 Å². The third kappa shape index (κ3) is 3.08. The molecule has 0 radical (unpaired) electrons. The number of rotatable bonds is 3. The monoisotopic (exact) mass is 253 g/mol. The summed E-state index contributed by atoms with van der Waals surface area (Å²) in [6.07, 6.45) is 12.5. The highest BCUT2D eigenvalue weighted by Crippen LogP contribution is 2.45. The van der Waals surface area contributed by atoms with Gasteiger partial charge in [0, 0.05) is 12.0 Å². The van der Waals surface area contributed by atoms with E-state index in [1.54, 1.807) is 0 Å². The molecule has 2 saturated carbocycles. The number of hydrogen-bond acceptors (Lipinski definition) is 2. The van der Waals surface area contributed by atoms with Crippen molar-refractivity contribution in [3.8, 4) is 0 Å². The fourth-order valence-corrected chi connectivity index (χ4v) is 4.40.